The molecule has 4 rings (SSSR count). The number of nitrogen functional groups attached to an aromatic ring is 1. The number of aromatic nitrogens is 3. The predicted molar refractivity (Wildman–Crippen MR) is 154 cm³/mol. The van der Waals surface area contributed by atoms with E-state index >= 15 is 4.39 Å². The van der Waals surface area contributed by atoms with E-state index in [-0.39, 0.29) is 17.7 Å². The number of nitrogens with zero attached hydrogens (tertiary/aromatic N) is 3. The third-order valence-corrected chi connectivity index (χ3v) is 6.73. The zero-order chi connectivity index (χ0) is 28.1. The van der Waals surface area contributed by atoms with E-state index in [1.807, 2.05) is 51.3 Å². The van der Waals surface area contributed by atoms with E-state index in [0.29, 0.717) is 40.8 Å². The van der Waals surface area contributed by atoms with Gasteiger partial charge in [0.05, 0.1) is 12.7 Å². The van der Waals surface area contributed by atoms with Gasteiger partial charge in [0.15, 0.2) is 23.2 Å². The summed E-state index contributed by atoms with van der Waals surface area (Å²) >= 11 is 1.61. The maximum Gasteiger partial charge on any atom is 0.182 e. The summed E-state index contributed by atoms with van der Waals surface area (Å²) in [7, 11) is 1.79. The molecule has 0 saturated heterocycles. The third-order valence-electron chi connectivity index (χ3n) is 5.94. The normalized spacial score (nSPS) is 11.9. The summed E-state index contributed by atoms with van der Waals surface area (Å²) in [6, 6.07) is 17.4. The van der Waals surface area contributed by atoms with Crippen LogP contribution in [0, 0.1) is 11.2 Å². The fourth-order valence-electron chi connectivity index (χ4n) is 4.18. The van der Waals surface area contributed by atoms with Gasteiger partial charge in [0, 0.05) is 40.4 Å². The molecular formula is C29H33FN6O2S. The molecule has 0 saturated carbocycles. The largest absolute Gasteiger partial charge is 0.494 e. The molecule has 204 valence electrons. The molecule has 4 N–H and O–H groups in total. The van der Waals surface area contributed by atoms with Gasteiger partial charge in [-0.05, 0) is 69.5 Å². The highest BCUT2D eigenvalue weighted by atomic mass is 32.2. The number of hydrogen-bond donors (Lipinski definition) is 3. The first-order valence-electron chi connectivity index (χ1n) is 12.6. The zero-order valence-electron chi connectivity index (χ0n) is 22.7. The number of thioether (sulfide) groups is 1. The molecule has 1 atom stereocenters. The Balaban J connectivity index is 1.88. The van der Waals surface area contributed by atoms with Gasteiger partial charge in [0.1, 0.15) is 17.6 Å². The first-order chi connectivity index (χ1) is 18.7. The number of hydrogen-bond acceptors (Lipinski definition) is 7. The van der Waals surface area contributed by atoms with E-state index < -0.39 is 11.9 Å². The number of rotatable bonds is 11. The van der Waals surface area contributed by atoms with Crippen molar-refractivity contribution in [2.45, 2.75) is 37.8 Å². The monoisotopic (exact) mass is 548 g/mol. The van der Waals surface area contributed by atoms with E-state index in [4.69, 9.17) is 30.7 Å². The molecule has 4 aromatic rings. The number of nitrogens with one attached hydrogen (secondary N) is 2. The minimum absolute atomic E-state index is 0.0329. The van der Waals surface area contributed by atoms with Crippen molar-refractivity contribution in [3.63, 3.8) is 0 Å². The molecule has 3 aromatic carbocycles. The first-order valence-corrected chi connectivity index (χ1v) is 13.8. The van der Waals surface area contributed by atoms with Crippen molar-refractivity contribution in [1.29, 1.82) is 5.41 Å². The Hall–Kier alpha value is -4.05. The van der Waals surface area contributed by atoms with Crippen LogP contribution >= 0.6 is 11.8 Å². The van der Waals surface area contributed by atoms with E-state index in [1.165, 1.54) is 0 Å². The highest BCUT2D eigenvalue weighted by Gasteiger charge is 2.28. The van der Waals surface area contributed by atoms with Crippen molar-refractivity contribution in [3.05, 3.63) is 83.4 Å². The lowest BCUT2D eigenvalue weighted by molar-refractivity contribution is 0.228. The lowest BCUT2D eigenvalue weighted by atomic mass is 10.0. The Labute approximate surface area is 232 Å². The van der Waals surface area contributed by atoms with E-state index in [0.717, 1.165) is 10.5 Å². The fraction of sp³-hybridized carbons (Fsp3) is 0.276. The highest BCUT2D eigenvalue weighted by molar-refractivity contribution is 7.98. The van der Waals surface area contributed by atoms with Crippen LogP contribution in [0.3, 0.4) is 0 Å². The zero-order valence-corrected chi connectivity index (χ0v) is 23.5. The van der Waals surface area contributed by atoms with Gasteiger partial charge in [-0.25, -0.2) is 9.37 Å². The number of nitrogens with two attached hydrogens (primary N) is 1. The van der Waals surface area contributed by atoms with Crippen LogP contribution in [0.5, 0.6) is 11.5 Å². The van der Waals surface area contributed by atoms with E-state index in [9.17, 15) is 0 Å². The molecule has 0 aliphatic heterocycles. The van der Waals surface area contributed by atoms with E-state index in [1.54, 1.807) is 59.9 Å². The van der Waals surface area contributed by atoms with Gasteiger partial charge in [-0.2, -0.15) is 5.10 Å². The van der Waals surface area contributed by atoms with Crippen molar-refractivity contribution in [2.75, 3.05) is 18.2 Å². The maximum absolute atomic E-state index is 16.1. The minimum Gasteiger partial charge on any atom is -0.494 e. The summed E-state index contributed by atoms with van der Waals surface area (Å²) in [5, 5.41) is 15.8. The molecule has 0 aliphatic rings. The smallest absolute Gasteiger partial charge is 0.182 e. The van der Waals surface area contributed by atoms with Crippen LogP contribution in [0.1, 0.15) is 43.8 Å². The summed E-state index contributed by atoms with van der Waals surface area (Å²) in [5.74, 6) is 1.07. The molecule has 0 aliphatic carbocycles. The van der Waals surface area contributed by atoms with Gasteiger partial charge in [0.25, 0.3) is 0 Å². The molecule has 8 nitrogen and oxygen atoms in total. The van der Waals surface area contributed by atoms with Crippen LogP contribution in [-0.2, 0) is 7.05 Å². The molecule has 0 bridgehead atoms. The quantitative estimate of drug-likeness (QED) is 0.119. The van der Waals surface area contributed by atoms with Gasteiger partial charge in [-0.3, -0.25) is 10.1 Å². The Kier molecular flexibility index (Phi) is 8.75. The van der Waals surface area contributed by atoms with Crippen molar-refractivity contribution in [2.24, 2.45) is 12.8 Å². The maximum atomic E-state index is 16.1. The summed E-state index contributed by atoms with van der Waals surface area (Å²) in [5.41, 5.74) is 8.10. The van der Waals surface area contributed by atoms with Gasteiger partial charge in [-0.1, -0.05) is 12.1 Å². The second kappa shape index (κ2) is 12.2. The number of aryl methyl sites for hydroxylation is 1. The number of anilines is 1. The number of benzene rings is 3. The molecule has 0 amide bonds. The Morgan fingerprint density at radius 3 is 2.51 bits per heavy atom. The Bertz CT molecular complexity index is 1450. The number of ether oxygens (including phenoxy) is 2. The summed E-state index contributed by atoms with van der Waals surface area (Å²) in [6.07, 6.45) is 1.77. The lowest BCUT2D eigenvalue weighted by Crippen LogP contribution is -2.20. The van der Waals surface area contributed by atoms with Crippen LogP contribution in [0.25, 0.3) is 11.4 Å². The average molecular weight is 549 g/mol. The van der Waals surface area contributed by atoms with Crippen molar-refractivity contribution >= 4 is 23.3 Å². The van der Waals surface area contributed by atoms with E-state index in [2.05, 4.69) is 5.32 Å². The summed E-state index contributed by atoms with van der Waals surface area (Å²) in [6.45, 7) is 5.97. The first kappa shape index (κ1) is 28.0. The second-order valence-corrected chi connectivity index (χ2v) is 9.96. The molecule has 1 unspecified atom stereocenters. The van der Waals surface area contributed by atoms with Gasteiger partial charge >= 0.3 is 0 Å². The Morgan fingerprint density at radius 2 is 1.87 bits per heavy atom. The van der Waals surface area contributed by atoms with Crippen molar-refractivity contribution in [1.82, 2.24) is 14.8 Å². The number of halogens is 1. The molecule has 0 radical (unpaired) electrons. The average Bonchev–Trinajstić information content (AvgIpc) is 3.30. The van der Waals surface area contributed by atoms with Crippen LogP contribution in [0.2, 0.25) is 0 Å². The summed E-state index contributed by atoms with van der Waals surface area (Å²) < 4.78 is 29.4. The van der Waals surface area contributed by atoms with Crippen molar-refractivity contribution in [3.8, 4) is 22.9 Å². The molecule has 1 heterocycles. The van der Waals surface area contributed by atoms with Gasteiger partial charge in [-0.15, -0.1) is 11.8 Å². The van der Waals surface area contributed by atoms with Crippen LogP contribution in [0.4, 0.5) is 10.1 Å². The third kappa shape index (κ3) is 6.34. The lowest BCUT2D eigenvalue weighted by Gasteiger charge is -2.23. The summed E-state index contributed by atoms with van der Waals surface area (Å²) in [4.78, 5) is 5.93. The topological polar surface area (TPSA) is 111 Å². The molecular weight excluding hydrogens is 515 g/mol. The second-order valence-electron chi connectivity index (χ2n) is 9.11. The van der Waals surface area contributed by atoms with Crippen LogP contribution in [-0.4, -0.2) is 39.6 Å². The molecule has 0 fully saturated rings. The fourth-order valence-corrected chi connectivity index (χ4v) is 4.77. The number of amidine groups is 1. The molecule has 0 spiro atoms. The van der Waals surface area contributed by atoms with Crippen molar-refractivity contribution < 1.29 is 13.9 Å². The standard InChI is InChI=1S/C29H33FN6O2S/c1-6-37-20-15-22(25(30)23(16-20)38-17(2)3)26(33-19-13-11-18(12-14-19)27(31)32)29-34-28(35-36(29)4)21-9-7-8-10-24(21)39-5/h7-17,26,33H,6H2,1-5H3,(H3,31,32). The van der Waals surface area contributed by atoms with Gasteiger partial charge in [0.2, 0.25) is 0 Å². The molecule has 39 heavy (non-hydrogen) atoms. The predicted octanol–water partition coefficient (Wildman–Crippen LogP) is 6.01. The molecule has 10 heteroatoms. The highest BCUT2D eigenvalue weighted by Crippen LogP contribution is 2.37. The SMILES string of the molecule is CCOc1cc(OC(C)C)c(F)c(C(Nc2ccc(C(=N)N)cc2)c2nc(-c3ccccc3SC)nn2C)c1. The van der Waals surface area contributed by atoms with Crippen LogP contribution in [0.15, 0.2) is 65.6 Å². The Morgan fingerprint density at radius 1 is 1.15 bits per heavy atom. The minimum atomic E-state index is -0.754. The molecule has 1 aromatic heterocycles. The van der Waals surface area contributed by atoms with Gasteiger partial charge < -0.3 is 20.5 Å². The van der Waals surface area contributed by atoms with Crippen LogP contribution < -0.4 is 20.5 Å².